The van der Waals surface area contributed by atoms with E-state index in [0.29, 0.717) is 37.3 Å². The number of halogens is 3. The first-order valence-corrected chi connectivity index (χ1v) is 18.0. The number of rotatable bonds is 11. The molecule has 0 bridgehead atoms. The number of amides is 3. The van der Waals surface area contributed by atoms with Gasteiger partial charge in [-0.15, -0.1) is 0 Å². The Morgan fingerprint density at radius 2 is 1.68 bits per heavy atom. The van der Waals surface area contributed by atoms with E-state index in [1.54, 1.807) is 24.8 Å². The van der Waals surface area contributed by atoms with Crippen LogP contribution in [0.4, 0.5) is 18.0 Å². The van der Waals surface area contributed by atoms with E-state index < -0.39 is 34.8 Å². The number of hydrogen-bond donors (Lipinski definition) is 0. The van der Waals surface area contributed by atoms with Crippen LogP contribution in [0.1, 0.15) is 89.3 Å². The van der Waals surface area contributed by atoms with Crippen LogP contribution in [0.2, 0.25) is 0 Å². The monoisotopic (exact) mass is 714 g/mol. The molecule has 5 rings (SSSR count). The Morgan fingerprint density at radius 1 is 1.02 bits per heavy atom. The van der Waals surface area contributed by atoms with E-state index in [9.17, 15) is 27.6 Å². The van der Waals surface area contributed by atoms with Crippen molar-refractivity contribution in [3.8, 4) is 6.07 Å². The largest absolute Gasteiger partial charge is 0.460 e. The first-order valence-electron chi connectivity index (χ1n) is 17.2. The first kappa shape index (κ1) is 37.7. The summed E-state index contributed by atoms with van der Waals surface area (Å²) in [7, 11) is 0. The molecule has 2 aromatic rings. The van der Waals surface area contributed by atoms with E-state index in [0.717, 1.165) is 54.1 Å². The van der Waals surface area contributed by atoms with Crippen molar-refractivity contribution in [2.45, 2.75) is 120 Å². The van der Waals surface area contributed by atoms with Crippen LogP contribution >= 0.6 is 11.9 Å². The van der Waals surface area contributed by atoms with Crippen molar-refractivity contribution in [2.75, 3.05) is 13.2 Å². The lowest BCUT2D eigenvalue weighted by Crippen LogP contribution is -2.51. The molecule has 2 aliphatic heterocycles. The third-order valence-electron chi connectivity index (χ3n) is 10.2. The zero-order valence-corrected chi connectivity index (χ0v) is 29.8. The maximum absolute atomic E-state index is 13.6. The summed E-state index contributed by atoms with van der Waals surface area (Å²) in [6.07, 6.45) is 0.913. The van der Waals surface area contributed by atoms with Crippen molar-refractivity contribution in [1.29, 1.82) is 5.26 Å². The Balaban J connectivity index is 1.07. The number of likely N-dealkylation sites (tertiary alicyclic amines) is 1. The number of esters is 1. The number of hydrogen-bond acceptors (Lipinski definition) is 8. The molecule has 1 saturated carbocycles. The second-order valence-corrected chi connectivity index (χ2v) is 15.2. The van der Waals surface area contributed by atoms with Gasteiger partial charge in [0, 0.05) is 29.6 Å². The molecule has 3 aliphatic rings. The molecule has 1 aliphatic carbocycles. The molecular formula is C37H45F3N4O5S. The molecule has 0 aromatic heterocycles. The zero-order chi connectivity index (χ0) is 36.2. The fourth-order valence-corrected chi connectivity index (χ4v) is 8.59. The second-order valence-electron chi connectivity index (χ2n) is 14.2. The van der Waals surface area contributed by atoms with Crippen LogP contribution < -0.4 is 0 Å². The molecule has 2 unspecified atom stereocenters. The summed E-state index contributed by atoms with van der Waals surface area (Å²) < 4.78 is 53.3. The zero-order valence-electron chi connectivity index (χ0n) is 28.9. The smallest absolute Gasteiger partial charge is 0.417 e. The van der Waals surface area contributed by atoms with Gasteiger partial charge in [-0.25, -0.2) is 4.79 Å². The van der Waals surface area contributed by atoms with Crippen LogP contribution in [0.25, 0.3) is 0 Å². The topological polar surface area (TPSA) is 103 Å². The highest BCUT2D eigenvalue weighted by Crippen LogP contribution is 2.42. The minimum absolute atomic E-state index is 0.0435. The maximum Gasteiger partial charge on any atom is 0.417 e. The van der Waals surface area contributed by atoms with Crippen molar-refractivity contribution >= 4 is 29.9 Å². The van der Waals surface area contributed by atoms with Crippen LogP contribution in [0.5, 0.6) is 0 Å². The molecule has 50 heavy (non-hydrogen) atoms. The number of carbonyl (C=O) groups excluding carboxylic acids is 3. The third kappa shape index (κ3) is 8.64. The van der Waals surface area contributed by atoms with Crippen LogP contribution in [-0.4, -0.2) is 74.9 Å². The molecule has 270 valence electrons. The van der Waals surface area contributed by atoms with Gasteiger partial charge in [-0.3, -0.25) is 14.5 Å². The van der Waals surface area contributed by atoms with Gasteiger partial charge >= 0.3 is 18.2 Å². The number of carbonyl (C=O) groups is 3. The normalized spacial score (nSPS) is 25.8. The summed E-state index contributed by atoms with van der Waals surface area (Å²) >= 11 is 0.649. The molecular weight excluding hydrogens is 669 g/mol. The van der Waals surface area contributed by atoms with E-state index in [-0.39, 0.29) is 48.2 Å². The van der Waals surface area contributed by atoms with Gasteiger partial charge in [0.2, 0.25) is 0 Å². The van der Waals surface area contributed by atoms with Gasteiger partial charge in [0.15, 0.2) is 0 Å². The number of alkyl halides is 3. The van der Waals surface area contributed by atoms with Gasteiger partial charge in [-0.2, -0.15) is 22.7 Å². The number of nitrogens with zero attached hydrogens (tertiary/aromatic N) is 4. The van der Waals surface area contributed by atoms with Crippen molar-refractivity contribution < 1.29 is 37.0 Å². The molecule has 2 aromatic carbocycles. The maximum atomic E-state index is 13.6. The summed E-state index contributed by atoms with van der Waals surface area (Å²) in [5, 5.41) is 9.10. The van der Waals surface area contributed by atoms with E-state index in [2.05, 4.69) is 18.7 Å². The highest BCUT2D eigenvalue weighted by atomic mass is 32.2. The number of urea groups is 1. The molecule has 0 radical (unpaired) electrons. The standard InChI is InChI=1S/C37H45F3N4O5S/c1-24-18-27(19-25(2)42(24)22-33(45)49-23-26-8-6-5-7-9-26)16-17-48-30-13-11-29(12-14-30)43-35(47)44(34(46)36(43,3)4)50-31-15-10-28(21-41)32(20-31)37(38,39)40/h5-10,15,20,24-25,27,29-30H,11-14,16-19,22-23H2,1-4H3. The third-order valence-corrected chi connectivity index (χ3v) is 11.2. The molecule has 0 spiro atoms. The average Bonchev–Trinajstić information content (AvgIpc) is 3.24. The van der Waals surface area contributed by atoms with Gasteiger partial charge < -0.3 is 14.4 Å². The SMILES string of the molecule is CC1CC(CCOC2CCC(N3C(=O)N(Sc4ccc(C#N)c(C(F)(F)F)c4)C(=O)C3(C)C)CC2)CC(C)N1CC(=O)OCc1ccccc1. The summed E-state index contributed by atoms with van der Waals surface area (Å²) in [5.74, 6) is -0.234. The Morgan fingerprint density at radius 3 is 2.30 bits per heavy atom. The van der Waals surface area contributed by atoms with Gasteiger partial charge in [0.05, 0.1) is 29.8 Å². The van der Waals surface area contributed by atoms with Crippen LogP contribution in [0, 0.1) is 17.2 Å². The molecule has 9 nitrogen and oxygen atoms in total. The van der Waals surface area contributed by atoms with Gasteiger partial charge in [-0.1, -0.05) is 30.3 Å². The summed E-state index contributed by atoms with van der Waals surface area (Å²) in [6, 6.07) is 14.1. The quantitative estimate of drug-likeness (QED) is 0.133. The Bertz CT molecular complexity index is 1560. The van der Waals surface area contributed by atoms with E-state index >= 15 is 0 Å². The van der Waals surface area contributed by atoms with E-state index in [1.165, 1.54) is 6.07 Å². The minimum atomic E-state index is -4.75. The minimum Gasteiger partial charge on any atom is -0.460 e. The highest BCUT2D eigenvalue weighted by molar-refractivity contribution is 7.98. The Labute approximate surface area is 296 Å². The number of ether oxygens (including phenoxy) is 2. The number of benzene rings is 2. The van der Waals surface area contributed by atoms with Crippen molar-refractivity contribution in [2.24, 2.45) is 5.92 Å². The van der Waals surface area contributed by atoms with Crippen molar-refractivity contribution in [3.63, 3.8) is 0 Å². The Kier molecular flexibility index (Phi) is 11.9. The second kappa shape index (κ2) is 15.7. The number of imide groups is 1. The average molecular weight is 715 g/mol. The number of nitriles is 1. The van der Waals surface area contributed by atoms with Gasteiger partial charge in [0.25, 0.3) is 5.91 Å². The summed E-state index contributed by atoms with van der Waals surface area (Å²) in [6.45, 7) is 8.81. The first-order chi connectivity index (χ1) is 23.7. The van der Waals surface area contributed by atoms with Crippen molar-refractivity contribution in [1.82, 2.24) is 14.1 Å². The molecule has 2 saturated heterocycles. The molecule has 3 amide bonds. The lowest BCUT2D eigenvalue weighted by Gasteiger charge is -2.42. The van der Waals surface area contributed by atoms with Crippen LogP contribution in [-0.2, 0) is 31.8 Å². The molecule has 3 fully saturated rings. The Hall–Kier alpha value is -3.60. The molecule has 2 heterocycles. The fourth-order valence-electron chi connectivity index (χ4n) is 7.60. The highest BCUT2D eigenvalue weighted by Gasteiger charge is 2.54. The lowest BCUT2D eigenvalue weighted by molar-refractivity contribution is -0.148. The molecule has 2 atom stereocenters. The number of piperidine rings is 1. The molecule has 0 N–H and O–H groups in total. The van der Waals surface area contributed by atoms with E-state index in [4.69, 9.17) is 14.7 Å². The predicted octanol–water partition coefficient (Wildman–Crippen LogP) is 7.58. The van der Waals surface area contributed by atoms with Crippen LogP contribution in [0.15, 0.2) is 53.4 Å². The summed E-state index contributed by atoms with van der Waals surface area (Å²) in [4.78, 5) is 43.3. The summed E-state index contributed by atoms with van der Waals surface area (Å²) in [5.41, 5.74) is -1.83. The van der Waals surface area contributed by atoms with Crippen LogP contribution in [0.3, 0.4) is 0 Å². The lowest BCUT2D eigenvalue weighted by atomic mass is 9.85. The predicted molar refractivity (Wildman–Crippen MR) is 181 cm³/mol. The molecule has 13 heteroatoms. The van der Waals surface area contributed by atoms with Gasteiger partial charge in [-0.05, 0) is 114 Å². The van der Waals surface area contributed by atoms with Gasteiger partial charge in [0.1, 0.15) is 12.1 Å². The van der Waals surface area contributed by atoms with E-state index in [1.807, 2.05) is 30.3 Å². The fraction of sp³-hybridized carbons (Fsp3) is 0.568. The van der Waals surface area contributed by atoms with Crippen molar-refractivity contribution in [3.05, 3.63) is 65.2 Å².